The second kappa shape index (κ2) is 4.26. The summed E-state index contributed by atoms with van der Waals surface area (Å²) < 4.78 is 0. The molecule has 3 nitrogen and oxygen atoms in total. The van der Waals surface area contributed by atoms with Crippen LogP contribution in [0, 0.1) is 0 Å². The monoisotopic (exact) mass is 218 g/mol. The van der Waals surface area contributed by atoms with E-state index >= 15 is 0 Å². The van der Waals surface area contributed by atoms with Crippen molar-refractivity contribution in [3.8, 4) is 0 Å². The summed E-state index contributed by atoms with van der Waals surface area (Å²) in [5.74, 6) is 5.15. The molecule has 86 valence electrons. The van der Waals surface area contributed by atoms with E-state index in [9.17, 15) is 4.79 Å². The molecule has 2 rings (SSSR count). The van der Waals surface area contributed by atoms with E-state index in [-0.39, 0.29) is 11.3 Å². The number of hydrazine groups is 1. The quantitative estimate of drug-likeness (QED) is 0.459. The highest BCUT2D eigenvalue weighted by atomic mass is 16.2. The first-order valence-electron chi connectivity index (χ1n) is 5.83. The second-order valence-electron chi connectivity index (χ2n) is 4.50. The van der Waals surface area contributed by atoms with Crippen molar-refractivity contribution in [1.29, 1.82) is 0 Å². The maximum absolute atomic E-state index is 11.7. The number of carbonyl (C=O) groups excluding carboxylic acids is 1. The van der Waals surface area contributed by atoms with Gasteiger partial charge in [0, 0.05) is 0 Å². The minimum Gasteiger partial charge on any atom is -0.293 e. The Morgan fingerprint density at radius 1 is 1.38 bits per heavy atom. The van der Waals surface area contributed by atoms with E-state index in [2.05, 4.69) is 36.6 Å². The molecule has 0 spiro atoms. The van der Waals surface area contributed by atoms with Gasteiger partial charge in [0.15, 0.2) is 0 Å². The molecule has 0 bridgehead atoms. The first-order chi connectivity index (χ1) is 7.73. The van der Waals surface area contributed by atoms with E-state index in [1.807, 2.05) is 0 Å². The molecular formula is C13H18N2O. The van der Waals surface area contributed by atoms with E-state index in [1.54, 1.807) is 0 Å². The minimum absolute atomic E-state index is 0.0595. The van der Waals surface area contributed by atoms with Gasteiger partial charge in [-0.25, -0.2) is 5.84 Å². The lowest BCUT2D eigenvalue weighted by Gasteiger charge is -2.13. The maximum atomic E-state index is 11.7. The Kier molecular flexibility index (Phi) is 2.97. The van der Waals surface area contributed by atoms with Crippen molar-refractivity contribution in [3.05, 3.63) is 35.4 Å². The van der Waals surface area contributed by atoms with Gasteiger partial charge in [0.05, 0.1) is 5.41 Å². The van der Waals surface area contributed by atoms with E-state index in [0.717, 1.165) is 31.2 Å². The van der Waals surface area contributed by atoms with Crippen molar-refractivity contribution in [1.82, 2.24) is 5.43 Å². The number of nitrogens with one attached hydrogen (secondary N) is 1. The first kappa shape index (κ1) is 11.1. The molecule has 0 unspecified atom stereocenters. The Bertz CT molecular complexity index is 379. The molecule has 0 saturated heterocycles. The highest BCUT2D eigenvalue weighted by Crippen LogP contribution is 2.48. The van der Waals surface area contributed by atoms with Crippen molar-refractivity contribution in [2.24, 2.45) is 5.84 Å². The molecule has 1 aromatic carbocycles. The van der Waals surface area contributed by atoms with Gasteiger partial charge in [-0.05, 0) is 30.4 Å². The van der Waals surface area contributed by atoms with E-state index < -0.39 is 0 Å². The summed E-state index contributed by atoms with van der Waals surface area (Å²) >= 11 is 0. The molecule has 0 heterocycles. The van der Waals surface area contributed by atoms with Crippen LogP contribution >= 0.6 is 0 Å². The van der Waals surface area contributed by atoms with E-state index in [1.165, 1.54) is 5.56 Å². The van der Waals surface area contributed by atoms with Crippen LogP contribution in [0.1, 0.15) is 37.3 Å². The molecule has 1 saturated carbocycles. The second-order valence-corrected chi connectivity index (χ2v) is 4.50. The molecule has 0 aromatic heterocycles. The van der Waals surface area contributed by atoms with Crippen molar-refractivity contribution in [2.75, 3.05) is 0 Å². The molecule has 3 N–H and O–H groups in total. The zero-order valence-electron chi connectivity index (χ0n) is 9.62. The molecule has 1 amide bonds. The Morgan fingerprint density at radius 2 is 2.00 bits per heavy atom. The maximum Gasteiger partial charge on any atom is 0.244 e. The molecule has 0 aliphatic heterocycles. The van der Waals surface area contributed by atoms with Crippen LogP contribution in [-0.4, -0.2) is 5.91 Å². The zero-order chi connectivity index (χ0) is 11.6. The number of carbonyl (C=O) groups is 1. The topological polar surface area (TPSA) is 55.1 Å². The fraction of sp³-hybridized carbons (Fsp3) is 0.462. The SMILES string of the molecule is CCCc1ccc(C2(C(=O)NN)CC2)cc1. The number of rotatable bonds is 4. The van der Waals surface area contributed by atoms with E-state index in [4.69, 9.17) is 5.84 Å². The number of nitrogens with two attached hydrogens (primary N) is 1. The summed E-state index contributed by atoms with van der Waals surface area (Å²) in [6.07, 6.45) is 4.05. The van der Waals surface area contributed by atoms with Crippen LogP contribution in [0.15, 0.2) is 24.3 Å². The fourth-order valence-corrected chi connectivity index (χ4v) is 2.19. The number of amides is 1. The summed E-state index contributed by atoms with van der Waals surface area (Å²) in [4.78, 5) is 11.7. The normalized spacial score (nSPS) is 16.9. The average Bonchev–Trinajstić information content (AvgIpc) is 3.11. The molecule has 1 aliphatic rings. The summed E-state index contributed by atoms with van der Waals surface area (Å²) in [7, 11) is 0. The number of hydrogen-bond donors (Lipinski definition) is 2. The van der Waals surface area contributed by atoms with Crippen LogP contribution < -0.4 is 11.3 Å². The third-order valence-corrected chi connectivity index (χ3v) is 3.36. The molecule has 1 fully saturated rings. The van der Waals surface area contributed by atoms with Crippen molar-refractivity contribution >= 4 is 5.91 Å². The van der Waals surface area contributed by atoms with Gasteiger partial charge in [-0.15, -0.1) is 0 Å². The number of benzene rings is 1. The van der Waals surface area contributed by atoms with Gasteiger partial charge in [-0.2, -0.15) is 0 Å². The average molecular weight is 218 g/mol. The highest BCUT2D eigenvalue weighted by Gasteiger charge is 2.50. The van der Waals surface area contributed by atoms with Crippen LogP contribution in [0.4, 0.5) is 0 Å². The lowest BCUT2D eigenvalue weighted by molar-refractivity contribution is -0.123. The molecule has 0 radical (unpaired) electrons. The van der Waals surface area contributed by atoms with Crippen LogP contribution in [-0.2, 0) is 16.6 Å². The number of hydrogen-bond acceptors (Lipinski definition) is 2. The van der Waals surface area contributed by atoms with Gasteiger partial charge >= 0.3 is 0 Å². The van der Waals surface area contributed by atoms with Gasteiger partial charge in [-0.3, -0.25) is 10.2 Å². The minimum atomic E-state index is -0.334. The van der Waals surface area contributed by atoms with Crippen LogP contribution in [0.25, 0.3) is 0 Å². The van der Waals surface area contributed by atoms with Gasteiger partial charge < -0.3 is 0 Å². The third kappa shape index (κ3) is 1.83. The van der Waals surface area contributed by atoms with Crippen molar-refractivity contribution < 1.29 is 4.79 Å². The first-order valence-corrected chi connectivity index (χ1v) is 5.83. The van der Waals surface area contributed by atoms with Gasteiger partial charge in [0.1, 0.15) is 0 Å². The van der Waals surface area contributed by atoms with Crippen molar-refractivity contribution in [2.45, 2.75) is 38.0 Å². The molecule has 1 aliphatic carbocycles. The standard InChI is InChI=1S/C13H18N2O/c1-2-3-10-4-6-11(7-5-10)13(8-9-13)12(16)15-14/h4-7H,2-3,8-9,14H2,1H3,(H,15,16). The molecular weight excluding hydrogens is 200 g/mol. The van der Waals surface area contributed by atoms with Crippen LogP contribution in [0.5, 0.6) is 0 Å². The van der Waals surface area contributed by atoms with Gasteiger partial charge in [-0.1, -0.05) is 37.6 Å². The number of aryl methyl sites for hydroxylation is 1. The summed E-state index contributed by atoms with van der Waals surface area (Å²) in [6.45, 7) is 2.16. The molecule has 1 aromatic rings. The Balaban J connectivity index is 2.19. The Labute approximate surface area is 96.0 Å². The van der Waals surface area contributed by atoms with E-state index in [0.29, 0.717) is 0 Å². The Hall–Kier alpha value is -1.35. The smallest absolute Gasteiger partial charge is 0.244 e. The van der Waals surface area contributed by atoms with Gasteiger partial charge in [0.2, 0.25) is 5.91 Å². The lowest BCUT2D eigenvalue weighted by atomic mass is 9.94. The Morgan fingerprint density at radius 3 is 2.44 bits per heavy atom. The summed E-state index contributed by atoms with van der Waals surface area (Å²) in [5, 5.41) is 0. The summed E-state index contributed by atoms with van der Waals surface area (Å²) in [5.41, 5.74) is 4.35. The zero-order valence-corrected chi connectivity index (χ0v) is 9.62. The van der Waals surface area contributed by atoms with Crippen molar-refractivity contribution in [3.63, 3.8) is 0 Å². The highest BCUT2D eigenvalue weighted by molar-refractivity contribution is 5.90. The molecule has 16 heavy (non-hydrogen) atoms. The lowest BCUT2D eigenvalue weighted by Crippen LogP contribution is -2.39. The predicted molar refractivity (Wildman–Crippen MR) is 63.7 cm³/mol. The third-order valence-electron chi connectivity index (χ3n) is 3.36. The molecule has 3 heteroatoms. The predicted octanol–water partition coefficient (Wildman–Crippen LogP) is 1.66. The molecule has 0 atom stereocenters. The van der Waals surface area contributed by atoms with Crippen LogP contribution in [0.3, 0.4) is 0 Å². The van der Waals surface area contributed by atoms with Crippen LogP contribution in [0.2, 0.25) is 0 Å². The largest absolute Gasteiger partial charge is 0.293 e. The summed E-state index contributed by atoms with van der Waals surface area (Å²) in [6, 6.07) is 8.35. The fourth-order valence-electron chi connectivity index (χ4n) is 2.19. The van der Waals surface area contributed by atoms with Gasteiger partial charge in [0.25, 0.3) is 0 Å².